The lowest BCUT2D eigenvalue weighted by molar-refractivity contribution is 0.681. The normalized spacial score (nSPS) is 18.3. The van der Waals surface area contributed by atoms with Crippen LogP contribution in [0.1, 0.15) is 47.2 Å². The van der Waals surface area contributed by atoms with E-state index in [0.717, 1.165) is 27.5 Å². The van der Waals surface area contributed by atoms with Crippen molar-refractivity contribution in [3.63, 3.8) is 0 Å². The molecular weight excluding hydrogens is 761 g/mol. The van der Waals surface area contributed by atoms with Gasteiger partial charge >= 0.3 is 0 Å². The fourth-order valence-electron chi connectivity index (χ4n) is 12.3. The molecule has 10 aromatic rings. The highest BCUT2D eigenvalue weighted by molar-refractivity contribution is 7.00. The van der Waals surface area contributed by atoms with E-state index in [1.807, 2.05) is 0 Å². The number of hydrogen-bond acceptors (Lipinski definition) is 3. The van der Waals surface area contributed by atoms with Crippen molar-refractivity contribution >= 4 is 78.9 Å². The fraction of sp³-hybridized carbons (Fsp3) is 0.0678. The zero-order valence-corrected chi connectivity index (χ0v) is 35.0. The van der Waals surface area contributed by atoms with Gasteiger partial charge in [-0.25, -0.2) is 4.98 Å². The molecule has 4 aliphatic heterocycles. The van der Waals surface area contributed by atoms with Crippen molar-refractivity contribution in [1.29, 1.82) is 0 Å². The minimum absolute atomic E-state index is 0.0548. The summed E-state index contributed by atoms with van der Waals surface area (Å²) in [5.41, 5.74) is 21.5. The number of nitrogens with zero attached hydrogens (tertiary/aromatic N) is 3. The van der Waals surface area contributed by atoms with Gasteiger partial charge in [-0.2, -0.15) is 0 Å². The zero-order chi connectivity index (χ0) is 41.6. The molecule has 0 bridgehead atoms. The second kappa shape index (κ2) is 12.5. The highest BCUT2D eigenvalue weighted by atomic mass is 15.2. The van der Waals surface area contributed by atoms with E-state index < -0.39 is 10.8 Å². The minimum Gasteiger partial charge on any atom is -0.311 e. The third-order valence-electron chi connectivity index (χ3n) is 15.1. The lowest BCUT2D eigenvalue weighted by Crippen LogP contribution is -2.63. The van der Waals surface area contributed by atoms with Crippen molar-refractivity contribution in [1.82, 2.24) is 4.98 Å². The molecule has 0 N–H and O–H groups in total. The maximum Gasteiger partial charge on any atom is 0.252 e. The van der Waals surface area contributed by atoms with E-state index in [2.05, 4.69) is 230 Å². The van der Waals surface area contributed by atoms with E-state index in [9.17, 15) is 0 Å². The number of anilines is 6. The Morgan fingerprint density at radius 1 is 0.397 bits per heavy atom. The van der Waals surface area contributed by atoms with E-state index in [4.69, 9.17) is 4.98 Å². The van der Waals surface area contributed by atoms with Gasteiger partial charge in [0.15, 0.2) is 0 Å². The Bertz CT molecular complexity index is 3560. The first-order valence-corrected chi connectivity index (χ1v) is 22.2. The quantitative estimate of drug-likeness (QED) is 0.131. The summed E-state index contributed by atoms with van der Waals surface area (Å²) < 4.78 is 0. The van der Waals surface area contributed by atoms with Gasteiger partial charge in [-0.1, -0.05) is 188 Å². The molecule has 0 saturated heterocycles. The highest BCUT2D eigenvalue weighted by Gasteiger charge is 2.53. The maximum absolute atomic E-state index is 5.90. The first-order chi connectivity index (χ1) is 31.1. The van der Waals surface area contributed by atoms with Crippen LogP contribution in [0.25, 0.3) is 32.9 Å². The summed E-state index contributed by atoms with van der Waals surface area (Å²) in [6.45, 7) is 4.82. The van der Waals surface area contributed by atoms with Crippen LogP contribution in [0.3, 0.4) is 0 Å². The summed E-state index contributed by atoms with van der Waals surface area (Å²) in [4.78, 5) is 11.1. The average molecular weight is 802 g/mol. The van der Waals surface area contributed by atoms with Gasteiger partial charge in [-0.3, -0.25) is 0 Å². The van der Waals surface area contributed by atoms with E-state index in [0.29, 0.717) is 0 Å². The van der Waals surface area contributed by atoms with Crippen molar-refractivity contribution in [2.75, 3.05) is 9.80 Å². The molecule has 5 heterocycles. The summed E-state index contributed by atoms with van der Waals surface area (Å²) in [5, 5.41) is 3.51. The molecule has 1 aromatic heterocycles. The Kier molecular flexibility index (Phi) is 6.92. The molecule has 0 saturated carbocycles. The zero-order valence-electron chi connectivity index (χ0n) is 35.0. The summed E-state index contributed by atoms with van der Waals surface area (Å²) in [6.07, 6.45) is 0. The number of hydrogen-bond donors (Lipinski definition) is 0. The minimum atomic E-state index is -0.415. The molecule has 4 heteroatoms. The maximum atomic E-state index is 5.90. The molecule has 0 spiro atoms. The van der Waals surface area contributed by atoms with Crippen molar-refractivity contribution in [3.8, 4) is 11.3 Å². The van der Waals surface area contributed by atoms with E-state index in [1.54, 1.807) is 0 Å². The lowest BCUT2D eigenvalue weighted by atomic mass is 9.32. The van der Waals surface area contributed by atoms with Gasteiger partial charge < -0.3 is 9.80 Å². The second-order valence-electron chi connectivity index (χ2n) is 18.0. The van der Waals surface area contributed by atoms with Crippen molar-refractivity contribution in [2.45, 2.75) is 24.7 Å². The van der Waals surface area contributed by atoms with Gasteiger partial charge in [0.1, 0.15) is 0 Å². The van der Waals surface area contributed by atoms with Crippen LogP contribution < -0.4 is 26.2 Å². The van der Waals surface area contributed by atoms with E-state index in [-0.39, 0.29) is 6.71 Å². The molecule has 2 unspecified atom stereocenters. The fourth-order valence-corrected chi connectivity index (χ4v) is 12.3. The van der Waals surface area contributed by atoms with E-state index in [1.165, 1.54) is 89.3 Å². The van der Waals surface area contributed by atoms with Crippen LogP contribution in [0.2, 0.25) is 0 Å². The van der Waals surface area contributed by atoms with Gasteiger partial charge in [-0.05, 0) is 87.2 Å². The van der Waals surface area contributed by atoms with Crippen LogP contribution in [0.5, 0.6) is 0 Å². The smallest absolute Gasteiger partial charge is 0.252 e. The predicted molar refractivity (Wildman–Crippen MR) is 263 cm³/mol. The summed E-state index contributed by atoms with van der Waals surface area (Å²) in [5.74, 6) is 0. The van der Waals surface area contributed by atoms with Crippen molar-refractivity contribution < 1.29 is 0 Å². The number of pyridine rings is 1. The van der Waals surface area contributed by atoms with Crippen LogP contribution in [-0.4, -0.2) is 11.7 Å². The number of para-hydroxylation sites is 4. The average Bonchev–Trinajstić information content (AvgIpc) is 3.35. The molecule has 0 fully saturated rings. The van der Waals surface area contributed by atoms with Gasteiger partial charge in [0.05, 0.1) is 28.3 Å². The van der Waals surface area contributed by atoms with Gasteiger partial charge in [0.2, 0.25) is 0 Å². The van der Waals surface area contributed by atoms with Crippen LogP contribution in [-0.2, 0) is 10.8 Å². The van der Waals surface area contributed by atoms with Gasteiger partial charge in [0, 0.05) is 44.2 Å². The molecule has 2 atom stereocenters. The first-order valence-electron chi connectivity index (χ1n) is 22.2. The molecule has 0 amide bonds. The van der Waals surface area contributed by atoms with Crippen molar-refractivity contribution in [2.24, 2.45) is 0 Å². The molecule has 14 rings (SSSR count). The number of aromatic nitrogens is 1. The largest absolute Gasteiger partial charge is 0.311 e. The third-order valence-corrected chi connectivity index (χ3v) is 15.1. The van der Waals surface area contributed by atoms with Gasteiger partial charge in [-0.15, -0.1) is 0 Å². The van der Waals surface area contributed by atoms with Crippen LogP contribution >= 0.6 is 0 Å². The molecule has 4 aliphatic rings. The lowest BCUT2D eigenvalue weighted by Gasteiger charge is -2.52. The van der Waals surface area contributed by atoms with E-state index >= 15 is 0 Å². The van der Waals surface area contributed by atoms with Crippen LogP contribution in [0.4, 0.5) is 34.1 Å². The molecule has 0 radical (unpaired) electrons. The molecule has 294 valence electrons. The Hall–Kier alpha value is -7.69. The van der Waals surface area contributed by atoms with Crippen molar-refractivity contribution in [3.05, 3.63) is 240 Å². The second-order valence-corrected chi connectivity index (χ2v) is 18.0. The Morgan fingerprint density at radius 3 is 1.48 bits per heavy atom. The number of fused-ring (bicyclic) bond motifs is 12. The van der Waals surface area contributed by atoms with Gasteiger partial charge in [0.25, 0.3) is 6.71 Å². The van der Waals surface area contributed by atoms with Crippen LogP contribution in [0.15, 0.2) is 206 Å². The molecular formula is C59H40BN3. The standard InChI is InChI=1S/C59H40BN3/c1-58(38-22-8-4-9-23-38)43-28-14-16-34-49(43)62-51-36-42-40-26-12-13-27-41(40)53(37-20-6-3-7-21-37)61-54(42)57-52(51)60(47-32-18-30-45(58)55(47)62)48-33-19-31-46-56(48)63(57)50-35-17-15-29-44(50)59(46,2)39-24-10-5-11-25-39/h3-36H,1-2H3. The SMILES string of the molecule is CC1(c2ccccc2)c2ccccc2N2c3cc4c(nc(-c5ccccc5)c5ccccc54)c4c3B(c3cccc1c32)c1cccc2c1N4c1ccccc1C2(C)c1ccccc1. The number of benzene rings is 9. The number of rotatable bonds is 3. The molecule has 9 aromatic carbocycles. The topological polar surface area (TPSA) is 19.4 Å². The highest BCUT2D eigenvalue weighted by Crippen LogP contribution is 2.60. The third kappa shape index (κ3) is 4.33. The molecule has 0 aliphatic carbocycles. The Morgan fingerprint density at radius 2 is 0.873 bits per heavy atom. The summed E-state index contributed by atoms with van der Waals surface area (Å²) >= 11 is 0. The summed E-state index contributed by atoms with van der Waals surface area (Å²) in [6, 6.07) is 76.9. The Balaban J connectivity index is 1.19. The Labute approximate surface area is 367 Å². The van der Waals surface area contributed by atoms with Crippen LogP contribution in [0, 0.1) is 0 Å². The first kappa shape index (κ1) is 35.0. The summed E-state index contributed by atoms with van der Waals surface area (Å²) in [7, 11) is 0. The molecule has 63 heavy (non-hydrogen) atoms. The predicted octanol–water partition coefficient (Wildman–Crippen LogP) is 12.5. The molecule has 3 nitrogen and oxygen atoms in total. The monoisotopic (exact) mass is 801 g/mol.